The van der Waals surface area contributed by atoms with E-state index >= 15 is 0 Å². The lowest BCUT2D eigenvalue weighted by Crippen LogP contribution is -2.44. The van der Waals surface area contributed by atoms with Crippen LogP contribution in [0.2, 0.25) is 0 Å². The summed E-state index contributed by atoms with van der Waals surface area (Å²) in [7, 11) is -3.56. The van der Waals surface area contributed by atoms with Crippen LogP contribution in [0.15, 0.2) is 0 Å². The highest BCUT2D eigenvalue weighted by molar-refractivity contribution is 14.1. The van der Waals surface area contributed by atoms with Crippen LogP contribution in [0, 0.1) is 5.41 Å². The van der Waals surface area contributed by atoms with Gasteiger partial charge in [-0.2, -0.15) is 8.42 Å². The van der Waals surface area contributed by atoms with Crippen molar-refractivity contribution in [2.75, 3.05) is 4.43 Å². The Balaban J connectivity index is 1.77. The molecule has 0 aromatic heterocycles. The Hall–Kier alpha value is 0.0700. The van der Waals surface area contributed by atoms with Crippen molar-refractivity contribution in [2.45, 2.75) is 49.9 Å². The number of carbonyl (C=O) groups excluding carboxylic acids is 1. The lowest BCUT2D eigenvalue weighted by Gasteiger charge is -2.27. The molecule has 2 bridgehead atoms. The second-order valence-corrected chi connectivity index (χ2v) is 8.40. The van der Waals surface area contributed by atoms with Gasteiger partial charge in [0.1, 0.15) is 17.5 Å². The van der Waals surface area contributed by atoms with E-state index < -0.39 is 39.1 Å². The van der Waals surface area contributed by atoms with Crippen LogP contribution in [0.5, 0.6) is 0 Å². The highest BCUT2D eigenvalue weighted by Crippen LogP contribution is 2.48. The van der Waals surface area contributed by atoms with Crippen LogP contribution in [0.25, 0.3) is 0 Å². The molecule has 0 radical (unpaired) electrons. The summed E-state index contributed by atoms with van der Waals surface area (Å²) < 4.78 is 40.2. The van der Waals surface area contributed by atoms with Crippen molar-refractivity contribution in [3.63, 3.8) is 0 Å². The molecule has 0 aliphatic carbocycles. The molecule has 0 aromatic carbocycles. The smallest absolute Gasteiger partial charge is 0.312 e. The first-order valence-electron chi connectivity index (χ1n) is 6.11. The van der Waals surface area contributed by atoms with Gasteiger partial charge in [-0.25, -0.2) is 0 Å². The van der Waals surface area contributed by atoms with E-state index in [9.17, 15) is 13.2 Å². The molecule has 3 aliphatic rings. The molecule has 0 amide bonds. The summed E-state index contributed by atoms with van der Waals surface area (Å²) in [6.07, 6.45) is -1.75. The van der Waals surface area contributed by atoms with Crippen LogP contribution in [0.1, 0.15) is 20.3 Å². The minimum absolute atomic E-state index is 0.340. The van der Waals surface area contributed by atoms with E-state index in [2.05, 4.69) is 22.6 Å². The predicted octanol–water partition coefficient (Wildman–Crippen LogP) is 0.628. The minimum atomic E-state index is -3.56. The summed E-state index contributed by atoms with van der Waals surface area (Å²) in [6, 6.07) is 0. The van der Waals surface area contributed by atoms with Gasteiger partial charge in [0.15, 0.2) is 6.10 Å². The van der Waals surface area contributed by atoms with Gasteiger partial charge in [0.2, 0.25) is 0 Å². The lowest BCUT2D eigenvalue weighted by molar-refractivity contribution is -0.163. The fourth-order valence-electron chi connectivity index (χ4n) is 2.71. The molecular weight excluding hydrogens is 387 g/mol. The topological polar surface area (TPSA) is 78.9 Å². The second kappa shape index (κ2) is 4.28. The maximum Gasteiger partial charge on any atom is 0.312 e. The standard InChI is InChI=1S/C11H15IO6S/c1-11(2,4-12)10(13)17-7-5-3-6-8(16-5)9(7)18-19(6,14)15/h5-9H,3-4H2,1-2H3. The monoisotopic (exact) mass is 402 g/mol. The zero-order valence-corrected chi connectivity index (χ0v) is 13.5. The van der Waals surface area contributed by atoms with Gasteiger partial charge in [-0.3, -0.25) is 8.98 Å². The first-order chi connectivity index (χ1) is 8.76. The van der Waals surface area contributed by atoms with Gasteiger partial charge in [-0.05, 0) is 20.3 Å². The van der Waals surface area contributed by atoms with E-state index in [-0.39, 0.29) is 12.1 Å². The maximum atomic E-state index is 12.1. The van der Waals surface area contributed by atoms with Crippen molar-refractivity contribution in [1.29, 1.82) is 0 Å². The minimum Gasteiger partial charge on any atom is -0.456 e. The van der Waals surface area contributed by atoms with Crippen molar-refractivity contribution in [3.8, 4) is 0 Å². The first kappa shape index (κ1) is 14.0. The van der Waals surface area contributed by atoms with Crippen LogP contribution in [0.3, 0.4) is 0 Å². The summed E-state index contributed by atoms with van der Waals surface area (Å²) in [5.41, 5.74) is -0.598. The Morgan fingerprint density at radius 2 is 2.11 bits per heavy atom. The van der Waals surface area contributed by atoms with Gasteiger partial charge in [-0.15, -0.1) is 0 Å². The summed E-state index contributed by atoms with van der Waals surface area (Å²) in [4.78, 5) is 12.1. The number of halogens is 1. The molecule has 0 saturated carbocycles. The molecule has 19 heavy (non-hydrogen) atoms. The summed E-state index contributed by atoms with van der Waals surface area (Å²) in [5, 5.41) is -0.588. The number of alkyl halides is 1. The Morgan fingerprint density at radius 1 is 1.42 bits per heavy atom. The van der Waals surface area contributed by atoms with Gasteiger partial charge in [0, 0.05) is 4.43 Å². The molecule has 8 heteroatoms. The molecule has 6 nitrogen and oxygen atoms in total. The summed E-state index contributed by atoms with van der Waals surface area (Å²) in [5.74, 6) is -0.340. The van der Waals surface area contributed by atoms with Crippen LogP contribution >= 0.6 is 22.6 Å². The van der Waals surface area contributed by atoms with Crippen LogP contribution in [0.4, 0.5) is 0 Å². The van der Waals surface area contributed by atoms with Crippen LogP contribution < -0.4 is 0 Å². The predicted molar refractivity (Wildman–Crippen MR) is 73.4 cm³/mol. The fraction of sp³-hybridized carbons (Fsp3) is 0.909. The molecule has 3 fully saturated rings. The Morgan fingerprint density at radius 3 is 2.74 bits per heavy atom. The third-order valence-corrected chi connectivity index (χ3v) is 7.52. The van der Waals surface area contributed by atoms with Gasteiger partial charge in [-0.1, -0.05) is 22.6 Å². The third kappa shape index (κ3) is 2.02. The van der Waals surface area contributed by atoms with Crippen LogP contribution in [-0.4, -0.2) is 48.5 Å². The number of fused-ring (bicyclic) bond motifs is 1. The third-order valence-electron chi connectivity index (χ3n) is 3.92. The number of rotatable bonds is 3. The Labute approximate surface area is 125 Å². The van der Waals surface area contributed by atoms with E-state index in [4.69, 9.17) is 13.7 Å². The van der Waals surface area contributed by atoms with E-state index in [1.807, 2.05) is 0 Å². The SMILES string of the molecule is CC(C)(CI)C(=O)OC1C2CC3C(O2)C1OS3(=O)=O. The maximum absolute atomic E-state index is 12.1. The van der Waals surface area contributed by atoms with Crippen LogP contribution in [-0.2, 0) is 28.6 Å². The zero-order valence-electron chi connectivity index (χ0n) is 10.5. The van der Waals surface area contributed by atoms with Crippen molar-refractivity contribution >= 4 is 38.7 Å². The molecule has 0 N–H and O–H groups in total. The van der Waals surface area contributed by atoms with Crippen molar-refractivity contribution in [3.05, 3.63) is 0 Å². The normalized spacial score (nSPS) is 42.6. The molecule has 3 rings (SSSR count). The number of esters is 1. The number of hydrogen-bond donors (Lipinski definition) is 0. The molecule has 108 valence electrons. The number of ether oxygens (including phenoxy) is 2. The molecule has 5 atom stereocenters. The first-order valence-corrected chi connectivity index (χ1v) is 9.10. The quantitative estimate of drug-likeness (QED) is 0.298. The van der Waals surface area contributed by atoms with Crippen molar-refractivity contribution in [1.82, 2.24) is 0 Å². The second-order valence-electron chi connectivity index (χ2n) is 5.85. The molecule has 0 aromatic rings. The molecule has 5 unspecified atom stereocenters. The Bertz CT molecular complexity index is 515. The van der Waals surface area contributed by atoms with E-state index in [0.717, 1.165) is 0 Å². The Kier molecular flexibility index (Phi) is 3.16. The molecule has 3 aliphatic heterocycles. The molecule has 0 spiro atoms. The largest absolute Gasteiger partial charge is 0.456 e. The number of carbonyl (C=O) groups is 1. The van der Waals surface area contributed by atoms with Gasteiger partial charge in [0.05, 0.1) is 11.5 Å². The van der Waals surface area contributed by atoms with E-state index in [1.54, 1.807) is 13.8 Å². The number of hydrogen-bond acceptors (Lipinski definition) is 6. The molecular formula is C11H15IO6S. The average molecular weight is 402 g/mol. The highest BCUT2D eigenvalue weighted by Gasteiger charge is 2.67. The van der Waals surface area contributed by atoms with Crippen molar-refractivity contribution in [2.24, 2.45) is 5.41 Å². The summed E-state index contributed by atoms with van der Waals surface area (Å²) >= 11 is 2.12. The van der Waals surface area contributed by atoms with E-state index in [1.165, 1.54) is 0 Å². The summed E-state index contributed by atoms with van der Waals surface area (Å²) in [6.45, 7) is 3.59. The lowest BCUT2D eigenvalue weighted by atomic mass is 9.93. The highest BCUT2D eigenvalue weighted by atomic mass is 127. The van der Waals surface area contributed by atoms with Crippen molar-refractivity contribution < 1.29 is 26.9 Å². The molecule has 3 heterocycles. The van der Waals surface area contributed by atoms with Gasteiger partial charge >= 0.3 is 5.97 Å². The van der Waals surface area contributed by atoms with Gasteiger partial charge in [0.25, 0.3) is 10.1 Å². The fourth-order valence-corrected chi connectivity index (χ4v) is 4.66. The molecule has 3 saturated heterocycles. The zero-order chi connectivity index (χ0) is 14.0. The van der Waals surface area contributed by atoms with Gasteiger partial charge < -0.3 is 9.47 Å². The van der Waals surface area contributed by atoms with E-state index in [0.29, 0.717) is 10.8 Å². The average Bonchev–Trinajstić information content (AvgIpc) is 2.92.